The van der Waals surface area contributed by atoms with Gasteiger partial charge in [-0.1, -0.05) is 18.3 Å². The van der Waals surface area contributed by atoms with Gasteiger partial charge in [0.15, 0.2) is 0 Å². The molecule has 6 heteroatoms. The van der Waals surface area contributed by atoms with Gasteiger partial charge in [-0.05, 0) is 32.1 Å². The van der Waals surface area contributed by atoms with Crippen LogP contribution in [0.3, 0.4) is 0 Å². The standard InChI is InChI=1S/C13H22N4OS/c1-2-5-14-13-16-15-12(19-13)8-17-9-3-4-10(17)7-11(18)6-9/h9-11,18H,2-8H2,1H3,(H,14,16). The third kappa shape index (κ3) is 2.90. The quantitative estimate of drug-likeness (QED) is 0.863. The summed E-state index contributed by atoms with van der Waals surface area (Å²) in [5.74, 6) is 0. The van der Waals surface area contributed by atoms with Gasteiger partial charge in [-0.3, -0.25) is 4.90 Å². The zero-order valence-electron chi connectivity index (χ0n) is 11.4. The van der Waals surface area contributed by atoms with Gasteiger partial charge in [0, 0.05) is 18.6 Å². The molecule has 3 rings (SSSR count). The average Bonchev–Trinajstić information content (AvgIpc) is 2.92. The molecule has 3 heterocycles. The van der Waals surface area contributed by atoms with E-state index >= 15 is 0 Å². The number of fused-ring (bicyclic) bond motifs is 2. The topological polar surface area (TPSA) is 61.3 Å². The molecule has 5 nitrogen and oxygen atoms in total. The van der Waals surface area contributed by atoms with E-state index in [-0.39, 0.29) is 6.10 Å². The zero-order valence-corrected chi connectivity index (χ0v) is 12.2. The summed E-state index contributed by atoms with van der Waals surface area (Å²) in [5, 5.41) is 23.6. The number of hydrogen-bond acceptors (Lipinski definition) is 6. The maximum absolute atomic E-state index is 9.81. The molecular weight excluding hydrogens is 260 g/mol. The van der Waals surface area contributed by atoms with Gasteiger partial charge in [0.05, 0.1) is 12.6 Å². The molecule has 2 saturated heterocycles. The fraction of sp³-hybridized carbons (Fsp3) is 0.846. The van der Waals surface area contributed by atoms with E-state index < -0.39 is 0 Å². The van der Waals surface area contributed by atoms with Crippen LogP contribution in [0.2, 0.25) is 0 Å². The maximum Gasteiger partial charge on any atom is 0.205 e. The molecule has 2 atom stereocenters. The van der Waals surface area contributed by atoms with Crippen LogP contribution in [0.4, 0.5) is 5.13 Å². The fourth-order valence-electron chi connectivity index (χ4n) is 3.28. The number of rotatable bonds is 5. The molecular formula is C13H22N4OS. The molecule has 0 saturated carbocycles. The molecule has 106 valence electrons. The van der Waals surface area contributed by atoms with Crippen molar-refractivity contribution in [2.75, 3.05) is 11.9 Å². The van der Waals surface area contributed by atoms with Gasteiger partial charge in [0.2, 0.25) is 5.13 Å². The number of aromatic nitrogens is 2. The van der Waals surface area contributed by atoms with E-state index in [9.17, 15) is 5.11 Å². The number of aliphatic hydroxyl groups excluding tert-OH is 1. The number of anilines is 1. The van der Waals surface area contributed by atoms with E-state index in [1.807, 2.05) is 0 Å². The second-order valence-corrected chi connectivity index (χ2v) is 6.67. The van der Waals surface area contributed by atoms with Crippen LogP contribution < -0.4 is 5.32 Å². The Labute approximate surface area is 118 Å². The van der Waals surface area contributed by atoms with Crippen molar-refractivity contribution in [1.82, 2.24) is 15.1 Å². The Hall–Kier alpha value is -0.720. The van der Waals surface area contributed by atoms with Crippen molar-refractivity contribution in [2.24, 2.45) is 0 Å². The van der Waals surface area contributed by atoms with Gasteiger partial charge < -0.3 is 10.4 Å². The van der Waals surface area contributed by atoms with E-state index in [0.717, 1.165) is 42.5 Å². The van der Waals surface area contributed by atoms with Crippen LogP contribution in [0.25, 0.3) is 0 Å². The average molecular weight is 282 g/mol. The van der Waals surface area contributed by atoms with E-state index in [0.29, 0.717) is 12.1 Å². The summed E-state index contributed by atoms with van der Waals surface area (Å²) in [7, 11) is 0. The molecule has 2 bridgehead atoms. The lowest BCUT2D eigenvalue weighted by Gasteiger charge is -2.36. The third-order valence-electron chi connectivity index (χ3n) is 4.17. The number of nitrogens with zero attached hydrogens (tertiary/aromatic N) is 3. The highest BCUT2D eigenvalue weighted by molar-refractivity contribution is 7.15. The molecule has 2 N–H and O–H groups in total. The van der Waals surface area contributed by atoms with Crippen molar-refractivity contribution in [3.05, 3.63) is 5.01 Å². The number of nitrogens with one attached hydrogen (secondary N) is 1. The first kappa shape index (κ1) is 13.3. The van der Waals surface area contributed by atoms with Gasteiger partial charge >= 0.3 is 0 Å². The van der Waals surface area contributed by atoms with Crippen molar-refractivity contribution in [3.63, 3.8) is 0 Å². The molecule has 0 radical (unpaired) electrons. The molecule has 1 aromatic rings. The highest BCUT2D eigenvalue weighted by atomic mass is 32.1. The fourth-order valence-corrected chi connectivity index (χ4v) is 4.05. The second-order valence-electron chi connectivity index (χ2n) is 5.61. The van der Waals surface area contributed by atoms with Crippen LogP contribution in [-0.2, 0) is 6.54 Å². The second kappa shape index (κ2) is 5.73. The number of hydrogen-bond donors (Lipinski definition) is 2. The summed E-state index contributed by atoms with van der Waals surface area (Å²) in [4.78, 5) is 2.52. The Kier molecular flexibility index (Phi) is 4.00. The van der Waals surface area contributed by atoms with E-state index in [2.05, 4.69) is 27.3 Å². The molecule has 19 heavy (non-hydrogen) atoms. The largest absolute Gasteiger partial charge is 0.393 e. The van der Waals surface area contributed by atoms with Crippen molar-refractivity contribution < 1.29 is 5.11 Å². The summed E-state index contributed by atoms with van der Waals surface area (Å²) >= 11 is 1.66. The highest BCUT2D eigenvalue weighted by Gasteiger charge is 2.40. The minimum Gasteiger partial charge on any atom is -0.393 e. The Morgan fingerprint density at radius 3 is 2.74 bits per heavy atom. The van der Waals surface area contributed by atoms with Crippen molar-refractivity contribution in [2.45, 2.75) is 63.8 Å². The molecule has 2 aliphatic heterocycles. The number of aliphatic hydroxyl groups is 1. The van der Waals surface area contributed by atoms with Gasteiger partial charge in [-0.15, -0.1) is 10.2 Å². The molecule has 0 amide bonds. The van der Waals surface area contributed by atoms with Crippen LogP contribution in [0.5, 0.6) is 0 Å². The van der Waals surface area contributed by atoms with E-state index in [1.165, 1.54) is 12.8 Å². The minimum absolute atomic E-state index is 0.0926. The lowest BCUT2D eigenvalue weighted by molar-refractivity contribution is 0.0309. The van der Waals surface area contributed by atoms with Crippen molar-refractivity contribution in [3.8, 4) is 0 Å². The first-order valence-electron chi connectivity index (χ1n) is 7.26. The molecule has 2 fully saturated rings. The molecule has 1 aromatic heterocycles. The Morgan fingerprint density at radius 1 is 1.32 bits per heavy atom. The molecule has 0 aromatic carbocycles. The predicted octanol–water partition coefficient (Wildman–Crippen LogP) is 1.85. The summed E-state index contributed by atoms with van der Waals surface area (Å²) < 4.78 is 0. The lowest BCUT2D eigenvalue weighted by atomic mass is 10.0. The highest BCUT2D eigenvalue weighted by Crippen LogP contribution is 2.37. The summed E-state index contributed by atoms with van der Waals surface area (Å²) in [5.41, 5.74) is 0. The van der Waals surface area contributed by atoms with Gasteiger partial charge in [0.25, 0.3) is 0 Å². The van der Waals surface area contributed by atoms with Crippen LogP contribution in [0, 0.1) is 0 Å². The van der Waals surface area contributed by atoms with Crippen LogP contribution in [-0.4, -0.2) is 44.9 Å². The van der Waals surface area contributed by atoms with Gasteiger partial charge in [-0.2, -0.15) is 0 Å². The van der Waals surface area contributed by atoms with E-state index in [4.69, 9.17) is 0 Å². The monoisotopic (exact) mass is 282 g/mol. The molecule has 2 unspecified atom stereocenters. The Bertz CT molecular complexity index is 411. The smallest absolute Gasteiger partial charge is 0.205 e. The molecule has 0 aliphatic carbocycles. The first-order valence-corrected chi connectivity index (χ1v) is 8.08. The molecule has 0 spiro atoms. The SMILES string of the molecule is CCCNc1nnc(CN2C3CCC2CC(O)C3)s1. The third-order valence-corrected chi connectivity index (χ3v) is 5.04. The number of piperidine rings is 1. The zero-order chi connectivity index (χ0) is 13.2. The maximum atomic E-state index is 9.81. The van der Waals surface area contributed by atoms with Gasteiger partial charge in [-0.25, -0.2) is 0 Å². The van der Waals surface area contributed by atoms with Crippen LogP contribution in [0.15, 0.2) is 0 Å². The summed E-state index contributed by atoms with van der Waals surface area (Å²) in [6.45, 7) is 4.00. The van der Waals surface area contributed by atoms with Crippen molar-refractivity contribution in [1.29, 1.82) is 0 Å². The normalized spacial score (nSPS) is 30.7. The Morgan fingerprint density at radius 2 is 2.05 bits per heavy atom. The van der Waals surface area contributed by atoms with Crippen LogP contribution >= 0.6 is 11.3 Å². The summed E-state index contributed by atoms with van der Waals surface area (Å²) in [6.07, 6.45) is 5.31. The Balaban J connectivity index is 1.61. The van der Waals surface area contributed by atoms with E-state index in [1.54, 1.807) is 11.3 Å². The minimum atomic E-state index is -0.0926. The molecule has 2 aliphatic rings. The summed E-state index contributed by atoms with van der Waals surface area (Å²) in [6, 6.07) is 1.09. The van der Waals surface area contributed by atoms with Crippen LogP contribution in [0.1, 0.15) is 44.0 Å². The van der Waals surface area contributed by atoms with Crippen molar-refractivity contribution >= 4 is 16.5 Å². The van der Waals surface area contributed by atoms with Gasteiger partial charge in [0.1, 0.15) is 5.01 Å². The first-order chi connectivity index (χ1) is 9.26. The lowest BCUT2D eigenvalue weighted by Crippen LogP contribution is -2.44. The predicted molar refractivity (Wildman–Crippen MR) is 76.3 cm³/mol.